The lowest BCUT2D eigenvalue weighted by atomic mass is 9.97. The van der Waals surface area contributed by atoms with E-state index in [1.807, 2.05) is 13.0 Å². The Labute approximate surface area is 130 Å². The molecule has 1 aliphatic rings. The lowest BCUT2D eigenvalue weighted by Gasteiger charge is -2.29. The summed E-state index contributed by atoms with van der Waals surface area (Å²) in [4.78, 5) is 13.0. The molecule has 1 aliphatic heterocycles. The highest BCUT2D eigenvalue weighted by atomic mass is 16.4. The quantitative estimate of drug-likeness (QED) is 0.851. The van der Waals surface area contributed by atoms with Gasteiger partial charge in [0.1, 0.15) is 12.1 Å². The average Bonchev–Trinajstić information content (AvgIpc) is 2.48. The summed E-state index contributed by atoms with van der Waals surface area (Å²) >= 11 is 0. The van der Waals surface area contributed by atoms with Crippen molar-refractivity contribution in [3.63, 3.8) is 0 Å². The molecule has 4 heteroatoms. The fourth-order valence-electron chi connectivity index (χ4n) is 3.41. The molecule has 0 spiro atoms. The monoisotopic (exact) mass is 301 g/mol. The first-order valence-electron chi connectivity index (χ1n) is 8.03. The van der Waals surface area contributed by atoms with Crippen molar-refractivity contribution in [2.24, 2.45) is 5.92 Å². The van der Waals surface area contributed by atoms with Crippen molar-refractivity contribution in [3.8, 4) is 5.75 Å². The Morgan fingerprint density at radius 1 is 1.27 bits per heavy atom. The highest BCUT2D eigenvalue weighted by Crippen LogP contribution is 2.29. The van der Waals surface area contributed by atoms with Crippen LogP contribution in [0.15, 0.2) is 21.3 Å². The Balaban J connectivity index is 2.00. The fraction of sp³-hybridized carbons (Fsp3) is 0.500. The zero-order valence-corrected chi connectivity index (χ0v) is 13.5. The molecule has 0 unspecified atom stereocenters. The third-order valence-corrected chi connectivity index (χ3v) is 4.92. The molecule has 0 aliphatic carbocycles. The van der Waals surface area contributed by atoms with Crippen LogP contribution in [0.5, 0.6) is 5.75 Å². The largest absolute Gasteiger partial charge is 0.872 e. The van der Waals surface area contributed by atoms with Crippen molar-refractivity contribution in [3.05, 3.63) is 39.2 Å². The van der Waals surface area contributed by atoms with Crippen LogP contribution in [0.2, 0.25) is 0 Å². The topological polar surface area (TPSA) is 57.7 Å². The fourth-order valence-corrected chi connectivity index (χ4v) is 3.41. The van der Waals surface area contributed by atoms with Gasteiger partial charge in [-0.25, -0.2) is 4.79 Å². The number of aryl methyl sites for hydroxylation is 2. The molecule has 2 heterocycles. The lowest BCUT2D eigenvalue weighted by molar-refractivity contribution is -0.919. The number of quaternary nitrogens is 1. The Morgan fingerprint density at radius 2 is 1.95 bits per heavy atom. The average molecular weight is 301 g/mol. The zero-order chi connectivity index (χ0) is 15.9. The molecule has 2 aromatic rings. The molecule has 22 heavy (non-hydrogen) atoms. The second-order valence-corrected chi connectivity index (χ2v) is 6.72. The van der Waals surface area contributed by atoms with Crippen molar-refractivity contribution in [2.45, 2.75) is 40.2 Å². The summed E-state index contributed by atoms with van der Waals surface area (Å²) in [6.45, 7) is 8.95. The molecule has 0 atom stereocenters. The molecule has 1 N–H and O–H groups in total. The van der Waals surface area contributed by atoms with Gasteiger partial charge in [-0.2, -0.15) is 0 Å². The summed E-state index contributed by atoms with van der Waals surface area (Å²) < 4.78 is 5.25. The van der Waals surface area contributed by atoms with Crippen molar-refractivity contribution in [1.29, 1.82) is 0 Å². The minimum Gasteiger partial charge on any atom is -0.872 e. The molecule has 118 valence electrons. The number of hydrogen-bond acceptors (Lipinski definition) is 3. The second-order valence-electron chi connectivity index (χ2n) is 6.72. The lowest BCUT2D eigenvalue weighted by Crippen LogP contribution is -3.11. The first-order chi connectivity index (χ1) is 10.5. The molecule has 1 aromatic heterocycles. The van der Waals surface area contributed by atoms with Crippen LogP contribution in [0, 0.1) is 19.8 Å². The van der Waals surface area contributed by atoms with Gasteiger partial charge in [0.15, 0.2) is 0 Å². The SMILES string of the molecule is Cc1cc(=O)oc2c(C)c([O-])c(C[NH+]3CCC(C)CC3)cc12. The third kappa shape index (κ3) is 2.75. The zero-order valence-electron chi connectivity index (χ0n) is 13.5. The smallest absolute Gasteiger partial charge is 0.336 e. The van der Waals surface area contributed by atoms with E-state index in [1.165, 1.54) is 23.8 Å². The van der Waals surface area contributed by atoms with Crippen LogP contribution < -0.4 is 15.6 Å². The summed E-state index contributed by atoms with van der Waals surface area (Å²) in [6, 6.07) is 3.42. The first-order valence-corrected chi connectivity index (χ1v) is 8.03. The highest BCUT2D eigenvalue weighted by molar-refractivity contribution is 5.85. The molecular weight excluding hydrogens is 278 g/mol. The molecule has 0 saturated carbocycles. The number of fused-ring (bicyclic) bond motifs is 1. The first kappa shape index (κ1) is 15.1. The van der Waals surface area contributed by atoms with Crippen LogP contribution in [0.4, 0.5) is 0 Å². The Morgan fingerprint density at radius 3 is 2.64 bits per heavy atom. The predicted molar refractivity (Wildman–Crippen MR) is 84.2 cm³/mol. The Hall–Kier alpha value is -1.81. The summed E-state index contributed by atoms with van der Waals surface area (Å²) in [5.41, 5.74) is 2.32. The van der Waals surface area contributed by atoms with Crippen molar-refractivity contribution in [1.82, 2.24) is 0 Å². The molecule has 1 saturated heterocycles. The van der Waals surface area contributed by atoms with Crippen molar-refractivity contribution >= 4 is 11.0 Å². The van der Waals surface area contributed by atoms with E-state index >= 15 is 0 Å². The predicted octanol–water partition coefficient (Wildman–Crippen LogP) is 1.30. The molecular formula is C18H23NO3. The highest BCUT2D eigenvalue weighted by Gasteiger charge is 2.20. The molecule has 3 rings (SSSR count). The maximum atomic E-state index is 12.6. The number of benzene rings is 1. The normalized spacial score (nSPS) is 22.1. The van der Waals surface area contributed by atoms with E-state index in [4.69, 9.17) is 4.42 Å². The summed E-state index contributed by atoms with van der Waals surface area (Å²) in [7, 11) is 0. The number of rotatable bonds is 2. The summed E-state index contributed by atoms with van der Waals surface area (Å²) in [5, 5.41) is 13.5. The van der Waals surface area contributed by atoms with Crippen LogP contribution in [-0.2, 0) is 6.54 Å². The van der Waals surface area contributed by atoms with Gasteiger partial charge in [0.2, 0.25) is 0 Å². The van der Waals surface area contributed by atoms with Gasteiger partial charge in [0.05, 0.1) is 13.1 Å². The second kappa shape index (κ2) is 5.76. The Bertz CT molecular complexity index is 755. The number of piperidine rings is 1. The number of nitrogens with one attached hydrogen (secondary N) is 1. The molecule has 0 radical (unpaired) electrons. The van der Waals surface area contributed by atoms with E-state index in [0.29, 0.717) is 11.1 Å². The van der Waals surface area contributed by atoms with Crippen LogP contribution in [-0.4, -0.2) is 13.1 Å². The number of hydrogen-bond donors (Lipinski definition) is 1. The minimum atomic E-state index is -0.393. The van der Waals surface area contributed by atoms with Crippen LogP contribution in [0.3, 0.4) is 0 Å². The van der Waals surface area contributed by atoms with Crippen molar-refractivity contribution < 1.29 is 14.4 Å². The standard InChI is InChI=1S/C18H23NO3/c1-11-4-6-19(7-5-11)10-14-9-15-12(2)8-16(20)22-18(15)13(3)17(14)21/h8-9,11,21H,4-7,10H2,1-3H3. The van der Waals surface area contributed by atoms with Gasteiger partial charge in [-0.1, -0.05) is 12.7 Å². The van der Waals surface area contributed by atoms with Gasteiger partial charge in [-0.05, 0) is 55.4 Å². The van der Waals surface area contributed by atoms with E-state index in [0.717, 1.165) is 42.1 Å². The van der Waals surface area contributed by atoms with Crippen molar-refractivity contribution in [2.75, 3.05) is 13.1 Å². The van der Waals surface area contributed by atoms with E-state index in [1.54, 1.807) is 6.92 Å². The van der Waals surface area contributed by atoms with E-state index in [-0.39, 0.29) is 5.75 Å². The molecule has 0 amide bonds. The Kier molecular flexibility index (Phi) is 3.96. The van der Waals surface area contributed by atoms with Crippen LogP contribution in [0.25, 0.3) is 11.0 Å². The minimum absolute atomic E-state index is 0.0207. The third-order valence-electron chi connectivity index (χ3n) is 4.92. The van der Waals surface area contributed by atoms with Gasteiger partial charge in [-0.15, -0.1) is 0 Å². The van der Waals surface area contributed by atoms with E-state index in [9.17, 15) is 9.90 Å². The van der Waals surface area contributed by atoms with Gasteiger partial charge in [-0.3, -0.25) is 0 Å². The number of likely N-dealkylation sites (tertiary alicyclic amines) is 1. The molecule has 0 bridgehead atoms. The summed E-state index contributed by atoms with van der Waals surface area (Å²) in [6.07, 6.45) is 2.45. The van der Waals surface area contributed by atoms with Crippen LogP contribution >= 0.6 is 0 Å². The van der Waals surface area contributed by atoms with E-state index < -0.39 is 5.63 Å². The molecule has 4 nitrogen and oxygen atoms in total. The van der Waals surface area contributed by atoms with E-state index in [2.05, 4.69) is 6.92 Å². The summed E-state index contributed by atoms with van der Waals surface area (Å²) in [5.74, 6) is 0.817. The maximum absolute atomic E-state index is 12.6. The molecule has 1 fully saturated rings. The van der Waals surface area contributed by atoms with Gasteiger partial charge < -0.3 is 14.4 Å². The van der Waals surface area contributed by atoms with Gasteiger partial charge in [0, 0.05) is 11.5 Å². The van der Waals surface area contributed by atoms with Crippen LogP contribution in [0.1, 0.15) is 36.5 Å². The maximum Gasteiger partial charge on any atom is 0.336 e. The van der Waals surface area contributed by atoms with Gasteiger partial charge >= 0.3 is 5.63 Å². The van der Waals surface area contributed by atoms with Gasteiger partial charge in [0.25, 0.3) is 0 Å². The molecule has 1 aromatic carbocycles.